The number of fused-ring (bicyclic) bond motifs is 1. The monoisotopic (exact) mass is 249 g/mol. The van der Waals surface area contributed by atoms with Crippen molar-refractivity contribution in [2.45, 2.75) is 31.5 Å². The Morgan fingerprint density at radius 3 is 3.00 bits per heavy atom. The number of imidazole rings is 1. The molecule has 2 aromatic rings. The van der Waals surface area contributed by atoms with Crippen LogP contribution in [-0.2, 0) is 0 Å². The maximum absolute atomic E-state index is 4.53. The summed E-state index contributed by atoms with van der Waals surface area (Å²) in [4.78, 5) is 7.85. The summed E-state index contributed by atoms with van der Waals surface area (Å²) in [6.07, 6.45) is 1.18. The van der Waals surface area contributed by atoms with Gasteiger partial charge in [0.25, 0.3) is 0 Å². The standard InChI is InChI=1S/C13H19N3S/c1-3-10(2)14-8-9-17-13-15-11-6-4-5-7-12(11)16-13/h4-7,10,14H,3,8-9H2,1-2H3,(H,15,16). The van der Waals surface area contributed by atoms with Gasteiger partial charge in [0.05, 0.1) is 11.0 Å². The van der Waals surface area contributed by atoms with Crippen LogP contribution in [0.25, 0.3) is 11.0 Å². The van der Waals surface area contributed by atoms with Crippen LogP contribution < -0.4 is 5.32 Å². The molecule has 2 rings (SSSR count). The first-order chi connectivity index (χ1) is 8.29. The number of hydrogen-bond acceptors (Lipinski definition) is 3. The first-order valence-corrected chi connectivity index (χ1v) is 7.09. The van der Waals surface area contributed by atoms with Gasteiger partial charge in [-0.25, -0.2) is 4.98 Å². The minimum absolute atomic E-state index is 0.603. The van der Waals surface area contributed by atoms with Crippen LogP contribution in [0.5, 0.6) is 0 Å². The third kappa shape index (κ3) is 3.48. The van der Waals surface area contributed by atoms with Gasteiger partial charge in [0.1, 0.15) is 0 Å². The van der Waals surface area contributed by atoms with E-state index in [1.54, 1.807) is 11.8 Å². The van der Waals surface area contributed by atoms with Crippen molar-refractivity contribution < 1.29 is 0 Å². The Hall–Kier alpha value is -1.00. The van der Waals surface area contributed by atoms with Gasteiger partial charge in [0, 0.05) is 18.3 Å². The molecule has 0 spiro atoms. The average Bonchev–Trinajstić information content (AvgIpc) is 2.76. The number of para-hydroxylation sites is 2. The van der Waals surface area contributed by atoms with Gasteiger partial charge >= 0.3 is 0 Å². The Balaban J connectivity index is 1.83. The first kappa shape index (κ1) is 12.5. The van der Waals surface area contributed by atoms with Crippen molar-refractivity contribution in [3.05, 3.63) is 24.3 Å². The molecule has 4 heteroatoms. The normalized spacial score (nSPS) is 13.1. The molecule has 17 heavy (non-hydrogen) atoms. The van der Waals surface area contributed by atoms with Gasteiger partial charge in [0.15, 0.2) is 5.16 Å². The molecule has 1 unspecified atom stereocenters. The quantitative estimate of drug-likeness (QED) is 0.610. The van der Waals surface area contributed by atoms with E-state index in [1.807, 2.05) is 18.2 Å². The smallest absolute Gasteiger partial charge is 0.166 e. The van der Waals surface area contributed by atoms with E-state index in [0.29, 0.717) is 6.04 Å². The summed E-state index contributed by atoms with van der Waals surface area (Å²) < 4.78 is 0. The van der Waals surface area contributed by atoms with Gasteiger partial charge in [-0.2, -0.15) is 0 Å². The van der Waals surface area contributed by atoms with Gasteiger partial charge in [-0.15, -0.1) is 0 Å². The molecule has 0 aliphatic carbocycles. The highest BCUT2D eigenvalue weighted by Gasteiger charge is 2.02. The molecule has 1 atom stereocenters. The number of hydrogen-bond donors (Lipinski definition) is 2. The fraction of sp³-hybridized carbons (Fsp3) is 0.462. The number of rotatable bonds is 6. The highest BCUT2D eigenvalue weighted by molar-refractivity contribution is 7.99. The van der Waals surface area contributed by atoms with E-state index in [1.165, 1.54) is 6.42 Å². The SMILES string of the molecule is CCC(C)NCCSc1nc2ccccc2[nH]1. The van der Waals surface area contributed by atoms with Crippen LogP contribution in [0.2, 0.25) is 0 Å². The molecule has 0 saturated carbocycles. The third-order valence-electron chi connectivity index (χ3n) is 2.81. The highest BCUT2D eigenvalue weighted by atomic mass is 32.2. The zero-order valence-electron chi connectivity index (χ0n) is 10.4. The van der Waals surface area contributed by atoms with Crippen LogP contribution in [0.15, 0.2) is 29.4 Å². The molecule has 92 valence electrons. The second kappa shape index (κ2) is 6.07. The van der Waals surface area contributed by atoms with E-state index in [9.17, 15) is 0 Å². The molecule has 0 bridgehead atoms. The molecule has 1 heterocycles. The van der Waals surface area contributed by atoms with Gasteiger partial charge in [-0.05, 0) is 25.5 Å². The zero-order chi connectivity index (χ0) is 12.1. The minimum atomic E-state index is 0.603. The molecule has 0 saturated heterocycles. The molecule has 2 N–H and O–H groups in total. The number of H-pyrrole nitrogens is 1. The lowest BCUT2D eigenvalue weighted by molar-refractivity contribution is 0.555. The molecular weight excluding hydrogens is 230 g/mol. The van der Waals surface area contributed by atoms with Crippen molar-refractivity contribution in [2.75, 3.05) is 12.3 Å². The summed E-state index contributed by atoms with van der Waals surface area (Å²) in [5.41, 5.74) is 2.16. The molecule has 1 aromatic heterocycles. The molecule has 1 aromatic carbocycles. The van der Waals surface area contributed by atoms with Crippen molar-refractivity contribution in [1.29, 1.82) is 0 Å². The van der Waals surface area contributed by atoms with E-state index in [0.717, 1.165) is 28.5 Å². The molecular formula is C13H19N3S. The molecule has 0 aliphatic rings. The lowest BCUT2D eigenvalue weighted by Gasteiger charge is -2.09. The Morgan fingerprint density at radius 2 is 2.24 bits per heavy atom. The number of benzene rings is 1. The maximum Gasteiger partial charge on any atom is 0.166 e. The minimum Gasteiger partial charge on any atom is -0.333 e. The van der Waals surface area contributed by atoms with Crippen LogP contribution >= 0.6 is 11.8 Å². The van der Waals surface area contributed by atoms with Crippen molar-refractivity contribution in [3.63, 3.8) is 0 Å². The van der Waals surface area contributed by atoms with E-state index in [-0.39, 0.29) is 0 Å². The predicted molar refractivity (Wildman–Crippen MR) is 74.6 cm³/mol. The number of nitrogens with one attached hydrogen (secondary N) is 2. The van der Waals surface area contributed by atoms with E-state index in [2.05, 4.69) is 35.2 Å². The number of aromatic amines is 1. The molecule has 0 aliphatic heterocycles. The second-order valence-corrected chi connectivity index (χ2v) is 5.25. The summed E-state index contributed by atoms with van der Waals surface area (Å²) >= 11 is 1.77. The van der Waals surface area contributed by atoms with Crippen LogP contribution in [-0.4, -0.2) is 28.3 Å². The van der Waals surface area contributed by atoms with Crippen LogP contribution in [0.4, 0.5) is 0 Å². The van der Waals surface area contributed by atoms with E-state index < -0.39 is 0 Å². The Bertz CT molecular complexity index is 433. The Labute approximate surface area is 106 Å². The van der Waals surface area contributed by atoms with Crippen LogP contribution in [0, 0.1) is 0 Å². The number of aromatic nitrogens is 2. The Kier molecular flexibility index (Phi) is 4.45. The molecule has 0 fully saturated rings. The largest absolute Gasteiger partial charge is 0.333 e. The maximum atomic E-state index is 4.53. The van der Waals surface area contributed by atoms with Gasteiger partial charge in [-0.1, -0.05) is 30.8 Å². The topological polar surface area (TPSA) is 40.7 Å². The fourth-order valence-electron chi connectivity index (χ4n) is 1.60. The summed E-state index contributed by atoms with van der Waals surface area (Å²) in [5.74, 6) is 1.05. The average molecular weight is 249 g/mol. The van der Waals surface area contributed by atoms with Gasteiger partial charge < -0.3 is 10.3 Å². The van der Waals surface area contributed by atoms with E-state index >= 15 is 0 Å². The highest BCUT2D eigenvalue weighted by Crippen LogP contribution is 2.18. The zero-order valence-corrected chi connectivity index (χ0v) is 11.2. The van der Waals surface area contributed by atoms with Crippen LogP contribution in [0.1, 0.15) is 20.3 Å². The molecule has 0 radical (unpaired) electrons. The van der Waals surface area contributed by atoms with Crippen molar-refractivity contribution in [3.8, 4) is 0 Å². The fourth-order valence-corrected chi connectivity index (χ4v) is 2.35. The van der Waals surface area contributed by atoms with Crippen molar-refractivity contribution >= 4 is 22.8 Å². The second-order valence-electron chi connectivity index (χ2n) is 4.17. The lowest BCUT2D eigenvalue weighted by atomic mass is 10.3. The lowest BCUT2D eigenvalue weighted by Crippen LogP contribution is -2.27. The van der Waals surface area contributed by atoms with Crippen LogP contribution in [0.3, 0.4) is 0 Å². The summed E-state index contributed by atoms with van der Waals surface area (Å²) in [7, 11) is 0. The Morgan fingerprint density at radius 1 is 1.41 bits per heavy atom. The van der Waals surface area contributed by atoms with E-state index in [4.69, 9.17) is 0 Å². The van der Waals surface area contributed by atoms with Gasteiger partial charge in [0.2, 0.25) is 0 Å². The predicted octanol–water partition coefficient (Wildman–Crippen LogP) is 3.04. The van der Waals surface area contributed by atoms with Gasteiger partial charge in [-0.3, -0.25) is 0 Å². The number of thioether (sulfide) groups is 1. The third-order valence-corrected chi connectivity index (χ3v) is 3.69. The molecule has 0 amide bonds. The van der Waals surface area contributed by atoms with Crippen molar-refractivity contribution in [1.82, 2.24) is 15.3 Å². The number of nitrogens with zero attached hydrogens (tertiary/aromatic N) is 1. The molecule has 3 nitrogen and oxygen atoms in total. The van der Waals surface area contributed by atoms with Crippen molar-refractivity contribution in [2.24, 2.45) is 0 Å². The summed E-state index contributed by atoms with van der Waals surface area (Å²) in [5, 5.41) is 4.49. The first-order valence-electron chi connectivity index (χ1n) is 6.10. The summed E-state index contributed by atoms with van der Waals surface area (Å²) in [6, 6.07) is 8.74. The summed E-state index contributed by atoms with van der Waals surface area (Å²) in [6.45, 7) is 5.44.